The minimum Gasteiger partial charge on any atom is -0.447 e. The van der Waals surface area contributed by atoms with Gasteiger partial charge in [-0.1, -0.05) is 73.7 Å². The van der Waals surface area contributed by atoms with Gasteiger partial charge in [-0.25, -0.2) is 4.79 Å². The van der Waals surface area contributed by atoms with Crippen LogP contribution in [0.3, 0.4) is 0 Å². The highest BCUT2D eigenvalue weighted by Crippen LogP contribution is 2.38. The summed E-state index contributed by atoms with van der Waals surface area (Å²) in [4.78, 5) is 20.5. The number of para-hydroxylation sites is 1. The summed E-state index contributed by atoms with van der Waals surface area (Å²) in [6.45, 7) is 4.64. The minimum absolute atomic E-state index is 0.238. The third-order valence-electron chi connectivity index (χ3n) is 9.20. The number of aromatic nitrogens is 1. The number of fused-ring (bicyclic) bond motifs is 6. The quantitative estimate of drug-likeness (QED) is 0.232. The maximum atomic E-state index is 14.3. The lowest BCUT2D eigenvalue weighted by Crippen LogP contribution is -3.20. The lowest BCUT2D eigenvalue weighted by molar-refractivity contribution is -0.950. The monoisotopic (exact) mass is 501 g/mol. The molecule has 4 heterocycles. The molecule has 4 unspecified atom stereocenters. The summed E-state index contributed by atoms with van der Waals surface area (Å²) in [6.07, 6.45) is 5.14. The first-order valence-electron chi connectivity index (χ1n) is 14.0. The Morgan fingerprint density at radius 1 is 0.947 bits per heavy atom. The van der Waals surface area contributed by atoms with E-state index in [1.165, 1.54) is 19.4 Å². The van der Waals surface area contributed by atoms with Gasteiger partial charge < -0.3 is 9.64 Å². The second kappa shape index (κ2) is 9.52. The Morgan fingerprint density at radius 2 is 1.63 bits per heavy atom. The van der Waals surface area contributed by atoms with Crippen molar-refractivity contribution in [3.63, 3.8) is 0 Å². The van der Waals surface area contributed by atoms with Crippen LogP contribution in [-0.2, 0) is 4.74 Å². The van der Waals surface area contributed by atoms with Crippen LogP contribution in [0, 0.1) is 11.8 Å². The van der Waals surface area contributed by atoms with Gasteiger partial charge in [0.25, 0.3) is 0 Å². The summed E-state index contributed by atoms with van der Waals surface area (Å²) in [5.41, 5.74) is 2.69. The predicted molar refractivity (Wildman–Crippen MR) is 152 cm³/mol. The van der Waals surface area contributed by atoms with Crippen LogP contribution in [0.4, 0.5) is 0 Å². The van der Waals surface area contributed by atoms with Crippen molar-refractivity contribution in [3.8, 4) is 0 Å². The molecule has 5 aromatic rings. The zero-order chi connectivity index (χ0) is 25.6. The SMILES string of the molecule is CCC1C[NH+]2CCC1CC2[C@@H](OC(=O)c1c2ccccc2cc2ccccc12)c1ccnc2ccccc12. The molecule has 38 heavy (non-hydrogen) atoms. The van der Waals surface area contributed by atoms with E-state index in [-0.39, 0.29) is 18.1 Å². The van der Waals surface area contributed by atoms with E-state index < -0.39 is 0 Å². The fraction of sp³-hybridized carbons (Fsp3) is 0.294. The van der Waals surface area contributed by atoms with E-state index in [1.54, 1.807) is 4.90 Å². The summed E-state index contributed by atoms with van der Waals surface area (Å²) in [6, 6.07) is 29.0. The number of nitrogens with zero attached hydrogens (tertiary/aromatic N) is 1. The van der Waals surface area contributed by atoms with E-state index in [0.29, 0.717) is 11.5 Å². The van der Waals surface area contributed by atoms with E-state index in [4.69, 9.17) is 4.74 Å². The van der Waals surface area contributed by atoms with Crippen LogP contribution >= 0.6 is 0 Å². The van der Waals surface area contributed by atoms with Crippen LogP contribution < -0.4 is 4.90 Å². The first-order valence-corrected chi connectivity index (χ1v) is 14.0. The molecule has 0 saturated carbocycles. The standard InChI is InChI=1S/C34H32N2O2/c1-2-22-21-36-18-16-23(22)20-31(36)33(29-15-17-35-30-14-8-7-13-28(29)30)38-34(37)32-26-11-5-3-9-24(26)19-25-10-4-6-12-27(25)32/h3-15,17,19,22-23,31,33H,2,16,18,20-21H2,1H3/p+1/t22?,23?,31?,33-/m0/s1. The molecule has 0 radical (unpaired) electrons. The molecule has 0 spiro atoms. The smallest absolute Gasteiger partial charge is 0.340 e. The third-order valence-corrected chi connectivity index (χ3v) is 9.20. The second-order valence-electron chi connectivity index (χ2n) is 11.1. The number of pyridine rings is 1. The van der Waals surface area contributed by atoms with Crippen molar-refractivity contribution >= 4 is 38.4 Å². The average Bonchev–Trinajstić information content (AvgIpc) is 2.98. The molecule has 1 aromatic heterocycles. The number of rotatable bonds is 5. The van der Waals surface area contributed by atoms with Gasteiger partial charge in [-0.3, -0.25) is 4.98 Å². The maximum absolute atomic E-state index is 14.3. The molecule has 0 amide bonds. The molecule has 3 aliphatic rings. The number of benzene rings is 4. The number of hydrogen-bond donors (Lipinski definition) is 1. The number of hydrogen-bond acceptors (Lipinski definition) is 3. The molecule has 4 aromatic carbocycles. The number of esters is 1. The van der Waals surface area contributed by atoms with E-state index in [9.17, 15) is 4.79 Å². The molecular weight excluding hydrogens is 468 g/mol. The van der Waals surface area contributed by atoms with Crippen molar-refractivity contribution in [3.05, 3.63) is 102 Å². The van der Waals surface area contributed by atoms with Gasteiger partial charge in [-0.05, 0) is 52.1 Å². The van der Waals surface area contributed by atoms with Gasteiger partial charge in [-0.2, -0.15) is 0 Å². The lowest BCUT2D eigenvalue weighted by atomic mass is 9.72. The first-order chi connectivity index (χ1) is 18.7. The summed E-state index contributed by atoms with van der Waals surface area (Å²) in [7, 11) is 0. The van der Waals surface area contributed by atoms with Gasteiger partial charge in [0.2, 0.25) is 0 Å². The largest absolute Gasteiger partial charge is 0.447 e. The Balaban J connectivity index is 1.36. The molecule has 2 bridgehead atoms. The molecule has 5 atom stereocenters. The van der Waals surface area contributed by atoms with Gasteiger partial charge in [0.1, 0.15) is 6.04 Å². The molecule has 4 nitrogen and oxygen atoms in total. The van der Waals surface area contributed by atoms with E-state index >= 15 is 0 Å². The van der Waals surface area contributed by atoms with Gasteiger partial charge in [-0.15, -0.1) is 0 Å². The number of quaternary nitrogens is 1. The molecule has 8 rings (SSSR count). The van der Waals surface area contributed by atoms with E-state index in [1.807, 2.05) is 54.7 Å². The zero-order valence-corrected chi connectivity index (χ0v) is 21.8. The average molecular weight is 502 g/mol. The van der Waals surface area contributed by atoms with Gasteiger partial charge in [0, 0.05) is 35.9 Å². The lowest BCUT2D eigenvalue weighted by Gasteiger charge is -2.48. The Hall–Kier alpha value is -3.76. The number of piperidine rings is 3. The summed E-state index contributed by atoms with van der Waals surface area (Å²) >= 11 is 0. The third kappa shape index (κ3) is 3.86. The van der Waals surface area contributed by atoms with Crippen LogP contribution in [0.25, 0.3) is 32.4 Å². The van der Waals surface area contributed by atoms with Gasteiger partial charge >= 0.3 is 5.97 Å². The first kappa shape index (κ1) is 23.4. The maximum Gasteiger partial charge on any atom is 0.340 e. The van der Waals surface area contributed by atoms with E-state index in [0.717, 1.165) is 56.9 Å². The minimum atomic E-state index is -0.330. The van der Waals surface area contributed by atoms with E-state index in [2.05, 4.69) is 48.3 Å². The fourth-order valence-corrected chi connectivity index (χ4v) is 7.30. The van der Waals surface area contributed by atoms with Crippen molar-refractivity contribution in [2.24, 2.45) is 11.8 Å². The summed E-state index contributed by atoms with van der Waals surface area (Å²) in [5.74, 6) is 1.23. The van der Waals surface area contributed by atoms with Crippen LogP contribution in [0.15, 0.2) is 91.1 Å². The molecule has 1 N–H and O–H groups in total. The second-order valence-corrected chi connectivity index (χ2v) is 11.1. The summed E-state index contributed by atoms with van der Waals surface area (Å²) < 4.78 is 6.72. The molecule has 3 fully saturated rings. The van der Waals surface area contributed by atoms with Crippen LogP contribution in [0.2, 0.25) is 0 Å². The topological polar surface area (TPSA) is 43.6 Å². The number of carbonyl (C=O) groups excluding carboxylic acids is 1. The Morgan fingerprint density at radius 3 is 2.32 bits per heavy atom. The molecule has 3 aliphatic heterocycles. The predicted octanol–water partition coefficient (Wildman–Crippen LogP) is 6.14. The Kier molecular flexibility index (Phi) is 5.85. The summed E-state index contributed by atoms with van der Waals surface area (Å²) in [5, 5.41) is 5.07. The molecule has 4 heteroatoms. The highest BCUT2D eigenvalue weighted by atomic mass is 16.5. The number of nitrogens with one attached hydrogen (secondary N) is 1. The Bertz CT molecular complexity index is 1600. The van der Waals surface area contributed by atoms with Crippen LogP contribution in [-0.4, -0.2) is 30.1 Å². The van der Waals surface area contributed by atoms with Crippen molar-refractivity contribution in [2.75, 3.05) is 13.1 Å². The fourth-order valence-electron chi connectivity index (χ4n) is 7.30. The van der Waals surface area contributed by atoms with Crippen molar-refractivity contribution < 1.29 is 14.4 Å². The molecule has 190 valence electrons. The molecule has 0 aliphatic carbocycles. The highest BCUT2D eigenvalue weighted by Gasteiger charge is 2.48. The van der Waals surface area contributed by atoms with Crippen LogP contribution in [0.1, 0.15) is 48.2 Å². The van der Waals surface area contributed by atoms with Gasteiger partial charge in [0.15, 0.2) is 6.10 Å². The van der Waals surface area contributed by atoms with Crippen molar-refractivity contribution in [1.29, 1.82) is 0 Å². The zero-order valence-electron chi connectivity index (χ0n) is 21.8. The Labute approximate surface area is 223 Å². The van der Waals surface area contributed by atoms with Crippen LogP contribution in [0.5, 0.6) is 0 Å². The molecule has 3 saturated heterocycles. The van der Waals surface area contributed by atoms with Gasteiger partial charge in [0.05, 0.1) is 24.2 Å². The number of ether oxygens (including phenoxy) is 1. The van der Waals surface area contributed by atoms with Crippen molar-refractivity contribution in [2.45, 2.75) is 38.3 Å². The number of carbonyl (C=O) groups is 1. The highest BCUT2D eigenvalue weighted by molar-refractivity contribution is 6.16. The van der Waals surface area contributed by atoms with Crippen molar-refractivity contribution in [1.82, 2.24) is 4.98 Å². The normalized spacial score (nSPS) is 23.6. The molecular formula is C34H33N2O2+.